The van der Waals surface area contributed by atoms with E-state index < -0.39 is 30.4 Å². The molecule has 2 heterocycles. The second kappa shape index (κ2) is 11.0. The topological polar surface area (TPSA) is 143 Å². The lowest BCUT2D eigenvalue weighted by molar-refractivity contribution is -0.274. The van der Waals surface area contributed by atoms with E-state index in [9.17, 15) is 27.6 Å². The SMILES string of the molecule is O=C(O)c1cccc(N2CC(CNC(=O)c3cnc(NCc4cccc(OC(F)(F)F)c4)nc3)OC2=O)c1. The minimum Gasteiger partial charge on any atom is -0.478 e. The average Bonchev–Trinajstić information content (AvgIpc) is 3.26. The van der Waals surface area contributed by atoms with Crippen molar-refractivity contribution in [2.45, 2.75) is 19.0 Å². The van der Waals surface area contributed by atoms with E-state index in [-0.39, 0.29) is 42.5 Å². The van der Waals surface area contributed by atoms with Crippen molar-refractivity contribution in [2.75, 3.05) is 23.3 Å². The van der Waals surface area contributed by atoms with Crippen molar-refractivity contribution in [1.82, 2.24) is 15.3 Å². The number of ether oxygens (including phenoxy) is 2. The van der Waals surface area contributed by atoms with Gasteiger partial charge < -0.3 is 25.2 Å². The van der Waals surface area contributed by atoms with Crippen LogP contribution in [0.3, 0.4) is 0 Å². The first-order valence-corrected chi connectivity index (χ1v) is 11.1. The quantitative estimate of drug-likeness (QED) is 0.378. The van der Waals surface area contributed by atoms with Crippen LogP contribution in [0.4, 0.5) is 29.6 Å². The molecule has 2 amide bonds. The molecule has 1 aliphatic heterocycles. The molecule has 14 heteroatoms. The van der Waals surface area contributed by atoms with E-state index in [1.54, 1.807) is 12.1 Å². The van der Waals surface area contributed by atoms with Crippen LogP contribution < -0.4 is 20.3 Å². The van der Waals surface area contributed by atoms with Gasteiger partial charge in [0.15, 0.2) is 0 Å². The average molecular weight is 531 g/mol. The molecule has 38 heavy (non-hydrogen) atoms. The van der Waals surface area contributed by atoms with Crippen LogP contribution in [0, 0.1) is 0 Å². The molecule has 1 fully saturated rings. The number of nitrogens with zero attached hydrogens (tertiary/aromatic N) is 3. The Morgan fingerprint density at radius 1 is 1.11 bits per heavy atom. The highest BCUT2D eigenvalue weighted by Gasteiger charge is 2.33. The summed E-state index contributed by atoms with van der Waals surface area (Å²) in [6.07, 6.45) is -3.60. The van der Waals surface area contributed by atoms with Crippen molar-refractivity contribution in [2.24, 2.45) is 0 Å². The Balaban J connectivity index is 1.27. The first-order valence-electron chi connectivity index (χ1n) is 11.1. The van der Waals surface area contributed by atoms with Gasteiger partial charge in [-0.15, -0.1) is 13.2 Å². The number of carboxylic acid groups (broad SMARTS) is 1. The number of carbonyl (C=O) groups excluding carboxylic acids is 2. The maximum atomic E-state index is 12.5. The number of hydrogen-bond acceptors (Lipinski definition) is 8. The zero-order valence-electron chi connectivity index (χ0n) is 19.4. The molecule has 1 aromatic heterocycles. The number of carboxylic acids is 1. The van der Waals surface area contributed by atoms with Crippen molar-refractivity contribution >= 4 is 29.6 Å². The van der Waals surface area contributed by atoms with E-state index in [4.69, 9.17) is 9.84 Å². The van der Waals surface area contributed by atoms with Crippen molar-refractivity contribution in [3.05, 3.63) is 77.6 Å². The number of nitrogens with one attached hydrogen (secondary N) is 2. The van der Waals surface area contributed by atoms with Crippen LogP contribution in [0.1, 0.15) is 26.3 Å². The summed E-state index contributed by atoms with van der Waals surface area (Å²) in [5.41, 5.74) is 1.01. The minimum atomic E-state index is -4.79. The zero-order chi connectivity index (χ0) is 27.3. The summed E-state index contributed by atoms with van der Waals surface area (Å²) in [5, 5.41) is 14.6. The minimum absolute atomic E-state index is 0.00394. The van der Waals surface area contributed by atoms with Gasteiger partial charge in [0.1, 0.15) is 11.9 Å². The Hall–Kier alpha value is -4.88. The maximum absolute atomic E-state index is 12.5. The summed E-state index contributed by atoms with van der Waals surface area (Å²) < 4.78 is 46.3. The van der Waals surface area contributed by atoms with Crippen molar-refractivity contribution in [1.29, 1.82) is 0 Å². The van der Waals surface area contributed by atoms with E-state index in [1.165, 1.54) is 53.7 Å². The van der Waals surface area contributed by atoms with Gasteiger partial charge in [0.2, 0.25) is 5.95 Å². The number of carbonyl (C=O) groups is 3. The van der Waals surface area contributed by atoms with Crippen LogP contribution in [-0.4, -0.2) is 58.6 Å². The lowest BCUT2D eigenvalue weighted by Gasteiger charge is -2.13. The zero-order valence-corrected chi connectivity index (χ0v) is 19.4. The van der Waals surface area contributed by atoms with Crippen LogP contribution in [0.5, 0.6) is 5.75 Å². The molecule has 1 saturated heterocycles. The molecule has 1 aliphatic rings. The van der Waals surface area contributed by atoms with E-state index >= 15 is 0 Å². The number of aromatic carboxylic acids is 1. The number of halogens is 3. The molecule has 3 aromatic rings. The smallest absolute Gasteiger partial charge is 0.478 e. The number of alkyl halides is 3. The third kappa shape index (κ3) is 6.87. The highest BCUT2D eigenvalue weighted by atomic mass is 19.4. The lowest BCUT2D eigenvalue weighted by Crippen LogP contribution is -2.34. The third-order valence-corrected chi connectivity index (χ3v) is 5.27. The number of aromatic nitrogens is 2. The van der Waals surface area contributed by atoms with Crippen LogP contribution in [0.2, 0.25) is 0 Å². The molecule has 0 bridgehead atoms. The monoisotopic (exact) mass is 531 g/mol. The summed E-state index contributed by atoms with van der Waals surface area (Å²) in [6, 6.07) is 11.3. The molecule has 4 rings (SSSR count). The number of benzene rings is 2. The Labute approximate surface area is 213 Å². The first kappa shape index (κ1) is 26.2. The molecule has 198 valence electrons. The normalized spacial score (nSPS) is 15.1. The predicted molar refractivity (Wildman–Crippen MR) is 126 cm³/mol. The molecule has 1 atom stereocenters. The van der Waals surface area contributed by atoms with Crippen molar-refractivity contribution in [3.8, 4) is 5.75 Å². The van der Waals surface area contributed by atoms with Gasteiger partial charge in [-0.1, -0.05) is 18.2 Å². The molecule has 0 saturated carbocycles. The molecular formula is C24H20F3N5O6. The molecule has 0 radical (unpaired) electrons. The molecule has 11 nitrogen and oxygen atoms in total. The fourth-order valence-corrected chi connectivity index (χ4v) is 3.52. The summed E-state index contributed by atoms with van der Waals surface area (Å²) in [7, 11) is 0. The van der Waals surface area contributed by atoms with E-state index in [2.05, 4.69) is 25.3 Å². The van der Waals surface area contributed by atoms with Crippen LogP contribution in [0.15, 0.2) is 60.9 Å². The molecule has 1 unspecified atom stereocenters. The Morgan fingerprint density at radius 3 is 2.55 bits per heavy atom. The molecule has 0 spiro atoms. The summed E-state index contributed by atoms with van der Waals surface area (Å²) >= 11 is 0. The Kier molecular flexibility index (Phi) is 7.60. The largest absolute Gasteiger partial charge is 0.573 e. The van der Waals surface area contributed by atoms with Crippen LogP contribution in [-0.2, 0) is 11.3 Å². The van der Waals surface area contributed by atoms with E-state index in [0.717, 1.165) is 0 Å². The van der Waals surface area contributed by atoms with Gasteiger partial charge in [0.25, 0.3) is 5.91 Å². The van der Waals surface area contributed by atoms with Crippen LogP contribution in [0.25, 0.3) is 0 Å². The number of amides is 2. The maximum Gasteiger partial charge on any atom is 0.573 e. The molecule has 3 N–H and O–H groups in total. The van der Waals surface area contributed by atoms with E-state index in [1.807, 2.05) is 0 Å². The summed E-state index contributed by atoms with van der Waals surface area (Å²) in [4.78, 5) is 45.2. The van der Waals surface area contributed by atoms with Crippen molar-refractivity contribution in [3.63, 3.8) is 0 Å². The standard InChI is InChI=1S/C24H20F3N5O6/c25-24(26,27)38-18-6-1-3-14(7-18)9-29-22-30-10-16(11-31-22)20(33)28-12-19-13-32(23(36)37-19)17-5-2-4-15(8-17)21(34)35/h1-8,10-11,19H,9,12-13H2,(H,28,33)(H,34,35)(H,29,30,31). The summed E-state index contributed by atoms with van der Waals surface area (Å²) in [5.74, 6) is -1.85. The molecular weight excluding hydrogens is 511 g/mol. The predicted octanol–water partition coefficient (Wildman–Crippen LogP) is 3.44. The second-order valence-corrected chi connectivity index (χ2v) is 8.03. The third-order valence-electron chi connectivity index (χ3n) is 5.27. The van der Waals surface area contributed by atoms with Crippen LogP contribution >= 0.6 is 0 Å². The number of anilines is 2. The number of hydrogen-bond donors (Lipinski definition) is 3. The fourth-order valence-electron chi connectivity index (χ4n) is 3.52. The highest BCUT2D eigenvalue weighted by molar-refractivity contribution is 5.95. The van der Waals surface area contributed by atoms with Crippen molar-refractivity contribution < 1.29 is 42.1 Å². The van der Waals surface area contributed by atoms with Gasteiger partial charge in [-0.2, -0.15) is 0 Å². The second-order valence-electron chi connectivity index (χ2n) is 8.03. The van der Waals surface area contributed by atoms with Gasteiger partial charge in [0.05, 0.1) is 24.2 Å². The van der Waals surface area contributed by atoms with E-state index in [0.29, 0.717) is 11.3 Å². The number of rotatable bonds is 9. The van der Waals surface area contributed by atoms with Gasteiger partial charge in [-0.3, -0.25) is 9.69 Å². The Morgan fingerprint density at radius 2 is 1.84 bits per heavy atom. The number of cyclic esters (lactones) is 1. The highest BCUT2D eigenvalue weighted by Crippen LogP contribution is 2.24. The van der Waals surface area contributed by atoms with Gasteiger partial charge in [-0.25, -0.2) is 19.6 Å². The Bertz CT molecular complexity index is 1340. The van der Waals surface area contributed by atoms with Gasteiger partial charge in [-0.05, 0) is 35.9 Å². The van der Waals surface area contributed by atoms with Gasteiger partial charge >= 0.3 is 18.4 Å². The lowest BCUT2D eigenvalue weighted by atomic mass is 10.2. The summed E-state index contributed by atoms with van der Waals surface area (Å²) in [6.45, 7) is 0.215. The van der Waals surface area contributed by atoms with Gasteiger partial charge in [0, 0.05) is 24.6 Å². The molecule has 2 aromatic carbocycles. The molecule has 0 aliphatic carbocycles. The fraction of sp³-hybridized carbons (Fsp3) is 0.208. The first-order chi connectivity index (χ1) is 18.1.